The molecule has 0 atom stereocenters. The number of fused-ring (bicyclic) bond motifs is 1. The molecule has 0 N–H and O–H groups in total. The van der Waals surface area contributed by atoms with E-state index in [-0.39, 0.29) is 0 Å². The van der Waals surface area contributed by atoms with Gasteiger partial charge in [0.15, 0.2) is 6.29 Å². The fourth-order valence-electron chi connectivity index (χ4n) is 2.64. The lowest BCUT2D eigenvalue weighted by Gasteiger charge is -2.16. The molecule has 0 bridgehead atoms. The molecule has 0 radical (unpaired) electrons. The first-order chi connectivity index (χ1) is 10.8. The van der Waals surface area contributed by atoms with Crippen LogP contribution in [-0.4, -0.2) is 25.5 Å². The third-order valence-electron chi connectivity index (χ3n) is 3.62. The van der Waals surface area contributed by atoms with E-state index in [4.69, 9.17) is 9.47 Å². The molecule has 4 heteroatoms. The van der Waals surface area contributed by atoms with E-state index in [0.717, 1.165) is 28.3 Å². The van der Waals surface area contributed by atoms with Crippen LogP contribution in [0.4, 0.5) is 0 Å². The molecule has 0 aliphatic carbocycles. The maximum absolute atomic E-state index is 11.5. The van der Waals surface area contributed by atoms with E-state index in [1.807, 2.05) is 30.3 Å². The number of ether oxygens (including phenoxy) is 2. The molecule has 22 heavy (non-hydrogen) atoms. The average molecular weight is 293 g/mol. The number of rotatable bonds is 4. The van der Waals surface area contributed by atoms with Gasteiger partial charge >= 0.3 is 0 Å². The first-order valence-corrected chi connectivity index (χ1v) is 6.84. The van der Waals surface area contributed by atoms with Gasteiger partial charge in [0.2, 0.25) is 0 Å². The van der Waals surface area contributed by atoms with Crippen molar-refractivity contribution in [1.82, 2.24) is 4.98 Å². The van der Waals surface area contributed by atoms with Gasteiger partial charge in [-0.15, -0.1) is 0 Å². The van der Waals surface area contributed by atoms with Crippen LogP contribution in [0, 0.1) is 0 Å². The van der Waals surface area contributed by atoms with E-state index < -0.39 is 0 Å². The maximum Gasteiger partial charge on any atom is 0.150 e. The average Bonchev–Trinajstić information content (AvgIpc) is 2.59. The van der Waals surface area contributed by atoms with Crippen LogP contribution in [0.2, 0.25) is 0 Å². The van der Waals surface area contributed by atoms with Crippen LogP contribution in [0.15, 0.2) is 48.7 Å². The summed E-state index contributed by atoms with van der Waals surface area (Å²) in [5.74, 6) is 1.30. The van der Waals surface area contributed by atoms with E-state index in [1.165, 1.54) is 0 Å². The Morgan fingerprint density at radius 2 is 1.68 bits per heavy atom. The third-order valence-corrected chi connectivity index (χ3v) is 3.62. The summed E-state index contributed by atoms with van der Waals surface area (Å²) in [7, 11) is 3.19. The van der Waals surface area contributed by atoms with Crippen molar-refractivity contribution in [3.8, 4) is 22.6 Å². The number of hydrogen-bond donors (Lipinski definition) is 0. The van der Waals surface area contributed by atoms with Crippen molar-refractivity contribution in [3.63, 3.8) is 0 Å². The van der Waals surface area contributed by atoms with E-state index in [0.29, 0.717) is 17.1 Å². The largest absolute Gasteiger partial charge is 0.496 e. The van der Waals surface area contributed by atoms with Gasteiger partial charge in [0.25, 0.3) is 0 Å². The van der Waals surface area contributed by atoms with E-state index >= 15 is 0 Å². The van der Waals surface area contributed by atoms with Crippen LogP contribution in [0.1, 0.15) is 10.4 Å². The first kappa shape index (κ1) is 14.1. The molecule has 3 rings (SSSR count). The molecule has 0 spiro atoms. The highest BCUT2D eigenvalue weighted by atomic mass is 16.5. The number of carbonyl (C=O) groups excluding carboxylic acids is 1. The minimum absolute atomic E-state index is 0.550. The zero-order valence-electron chi connectivity index (χ0n) is 12.4. The number of aldehydes is 1. The van der Waals surface area contributed by atoms with Crippen LogP contribution < -0.4 is 9.47 Å². The Balaban J connectivity index is 2.46. The predicted molar refractivity (Wildman–Crippen MR) is 85.7 cm³/mol. The number of nitrogens with zero attached hydrogens (tertiary/aromatic N) is 1. The van der Waals surface area contributed by atoms with Crippen molar-refractivity contribution >= 4 is 17.2 Å². The lowest BCUT2D eigenvalue weighted by molar-refractivity contribution is 0.112. The summed E-state index contributed by atoms with van der Waals surface area (Å²) in [5.41, 5.74) is 2.91. The summed E-state index contributed by atoms with van der Waals surface area (Å²) >= 11 is 0. The Morgan fingerprint density at radius 1 is 0.909 bits per heavy atom. The highest BCUT2D eigenvalue weighted by Gasteiger charge is 2.18. The van der Waals surface area contributed by atoms with E-state index in [9.17, 15) is 4.79 Å². The summed E-state index contributed by atoms with van der Waals surface area (Å²) in [6.45, 7) is 0. The number of benzene rings is 2. The molecule has 0 saturated carbocycles. The Labute approximate surface area is 128 Å². The summed E-state index contributed by atoms with van der Waals surface area (Å²) in [6.07, 6.45) is 2.56. The van der Waals surface area contributed by atoms with Crippen molar-refractivity contribution in [2.75, 3.05) is 14.2 Å². The molecule has 0 aliphatic rings. The van der Waals surface area contributed by atoms with Gasteiger partial charge < -0.3 is 9.47 Å². The van der Waals surface area contributed by atoms with Crippen LogP contribution in [-0.2, 0) is 0 Å². The van der Waals surface area contributed by atoms with Gasteiger partial charge in [-0.25, -0.2) is 0 Å². The van der Waals surface area contributed by atoms with Crippen molar-refractivity contribution in [2.45, 2.75) is 0 Å². The van der Waals surface area contributed by atoms with Gasteiger partial charge in [-0.1, -0.05) is 18.2 Å². The highest BCUT2D eigenvalue weighted by molar-refractivity contribution is 6.04. The Kier molecular flexibility index (Phi) is 3.74. The number of aromatic nitrogens is 1. The van der Waals surface area contributed by atoms with Crippen LogP contribution in [0.25, 0.3) is 22.0 Å². The Bertz CT molecular complexity index is 843. The molecule has 0 unspecified atom stereocenters. The number of carbonyl (C=O) groups is 1. The number of methoxy groups -OCH3 is 2. The summed E-state index contributed by atoms with van der Waals surface area (Å²) in [6, 6.07) is 13.0. The second kappa shape index (κ2) is 5.85. The monoisotopic (exact) mass is 293 g/mol. The van der Waals surface area contributed by atoms with Crippen molar-refractivity contribution in [2.24, 2.45) is 0 Å². The SMILES string of the molecule is COc1cccc(C=O)c1-c1c(OC)ccc2ncccc12. The molecule has 0 saturated heterocycles. The van der Waals surface area contributed by atoms with Gasteiger partial charge in [0.1, 0.15) is 11.5 Å². The summed E-state index contributed by atoms with van der Waals surface area (Å²) in [4.78, 5) is 15.9. The quantitative estimate of drug-likeness (QED) is 0.688. The molecule has 0 fully saturated rings. The van der Waals surface area contributed by atoms with Crippen LogP contribution in [0.5, 0.6) is 11.5 Å². The lowest BCUT2D eigenvalue weighted by Crippen LogP contribution is -1.97. The van der Waals surface area contributed by atoms with E-state index in [1.54, 1.807) is 32.5 Å². The van der Waals surface area contributed by atoms with Gasteiger partial charge in [-0.05, 0) is 24.3 Å². The first-order valence-electron chi connectivity index (χ1n) is 6.84. The molecular weight excluding hydrogens is 278 g/mol. The van der Waals surface area contributed by atoms with Crippen molar-refractivity contribution in [3.05, 3.63) is 54.2 Å². The lowest BCUT2D eigenvalue weighted by atomic mass is 9.94. The molecule has 1 heterocycles. The van der Waals surface area contributed by atoms with Gasteiger partial charge in [0.05, 0.1) is 19.7 Å². The molecule has 0 amide bonds. The normalized spacial score (nSPS) is 10.5. The predicted octanol–water partition coefficient (Wildman–Crippen LogP) is 3.73. The molecular formula is C18H15NO3. The second-order valence-electron chi connectivity index (χ2n) is 4.76. The van der Waals surface area contributed by atoms with Crippen molar-refractivity contribution in [1.29, 1.82) is 0 Å². The number of hydrogen-bond acceptors (Lipinski definition) is 4. The molecule has 2 aromatic carbocycles. The summed E-state index contributed by atoms with van der Waals surface area (Å²) in [5, 5.41) is 0.912. The molecule has 3 aromatic rings. The van der Waals surface area contributed by atoms with Gasteiger partial charge in [0, 0.05) is 28.3 Å². The zero-order chi connectivity index (χ0) is 15.5. The molecule has 110 valence electrons. The summed E-state index contributed by atoms with van der Waals surface area (Å²) < 4.78 is 11.0. The smallest absolute Gasteiger partial charge is 0.150 e. The minimum atomic E-state index is 0.550. The minimum Gasteiger partial charge on any atom is -0.496 e. The standard InChI is InChI=1S/C18H15NO3/c1-21-15-7-3-5-12(11-20)17(15)18-13-6-4-10-19-14(13)8-9-16(18)22-2/h3-11H,1-2H3. The number of pyridine rings is 1. The van der Waals surface area contributed by atoms with Crippen LogP contribution in [0.3, 0.4) is 0 Å². The molecule has 1 aromatic heterocycles. The van der Waals surface area contributed by atoms with E-state index in [2.05, 4.69) is 4.98 Å². The maximum atomic E-state index is 11.5. The molecule has 0 aliphatic heterocycles. The fourth-order valence-corrected chi connectivity index (χ4v) is 2.64. The zero-order valence-corrected chi connectivity index (χ0v) is 12.4. The third kappa shape index (κ3) is 2.19. The van der Waals surface area contributed by atoms with Crippen molar-refractivity contribution < 1.29 is 14.3 Å². The highest BCUT2D eigenvalue weighted by Crippen LogP contribution is 2.42. The Hall–Kier alpha value is -2.88. The molecule has 4 nitrogen and oxygen atoms in total. The van der Waals surface area contributed by atoms with Crippen LogP contribution >= 0.6 is 0 Å². The Morgan fingerprint density at radius 3 is 2.41 bits per heavy atom. The topological polar surface area (TPSA) is 48.4 Å². The van der Waals surface area contributed by atoms with Gasteiger partial charge in [-0.3, -0.25) is 9.78 Å². The second-order valence-corrected chi connectivity index (χ2v) is 4.76. The fraction of sp³-hybridized carbons (Fsp3) is 0.111. The van der Waals surface area contributed by atoms with Gasteiger partial charge in [-0.2, -0.15) is 0 Å².